The molecule has 3 aromatic rings. The van der Waals surface area contributed by atoms with Crippen molar-refractivity contribution in [2.75, 3.05) is 0 Å². The van der Waals surface area contributed by atoms with Crippen LogP contribution in [0.4, 0.5) is 0 Å². The number of halogens is 2. The van der Waals surface area contributed by atoms with Crippen LogP contribution in [0.1, 0.15) is 11.1 Å². The molecule has 0 spiro atoms. The molecule has 0 saturated carbocycles. The van der Waals surface area contributed by atoms with Crippen molar-refractivity contribution in [2.45, 2.75) is 6.42 Å². The average molecular weight is 324 g/mol. The summed E-state index contributed by atoms with van der Waals surface area (Å²) in [7, 11) is 0. The average Bonchev–Trinajstić information content (AvgIpc) is 2.74. The normalized spacial score (nSPS) is 9.05. The summed E-state index contributed by atoms with van der Waals surface area (Å²) in [6.45, 7) is 0. The zero-order chi connectivity index (χ0) is 10.8. The van der Waals surface area contributed by atoms with Crippen LogP contribution in [0.2, 0.25) is 0 Å². The van der Waals surface area contributed by atoms with Gasteiger partial charge in [0.1, 0.15) is 0 Å². The molecule has 0 aliphatic carbocycles. The van der Waals surface area contributed by atoms with Crippen LogP contribution in [0.25, 0.3) is 10.8 Å². The maximum absolute atomic E-state index is 2.23. The van der Waals surface area contributed by atoms with E-state index < -0.39 is 0 Å². The Hall–Kier alpha value is -0.656. The van der Waals surface area contributed by atoms with Crippen molar-refractivity contribution in [3.05, 3.63) is 77.9 Å². The van der Waals surface area contributed by atoms with Gasteiger partial charge in [0.15, 0.2) is 0 Å². The Labute approximate surface area is 141 Å². The van der Waals surface area contributed by atoms with E-state index in [9.17, 15) is 0 Å². The van der Waals surface area contributed by atoms with Crippen LogP contribution < -0.4 is 24.8 Å². The van der Waals surface area contributed by atoms with Crippen LogP contribution in [0.3, 0.4) is 0 Å². The molecule has 0 amide bonds. The summed E-state index contributed by atoms with van der Waals surface area (Å²) in [5, 5.41) is 2.72. The van der Waals surface area contributed by atoms with Gasteiger partial charge in [-0.05, 0) is 6.42 Å². The molecule has 0 aromatic heterocycles. The Bertz CT molecular complexity index is 602. The first kappa shape index (κ1) is 18.3. The van der Waals surface area contributed by atoms with Gasteiger partial charge in [-0.3, -0.25) is 0 Å². The molecule has 0 heterocycles. The monoisotopic (exact) mass is 323 g/mol. The topological polar surface area (TPSA) is 0 Å². The van der Waals surface area contributed by atoms with E-state index in [0.29, 0.717) is 0 Å². The number of hydrogen-bond acceptors (Lipinski definition) is 0. The minimum absolute atomic E-state index is 0. The summed E-state index contributed by atoms with van der Waals surface area (Å²) in [5.74, 6) is 0. The molecular weight excluding hydrogens is 311 g/mol. The van der Waals surface area contributed by atoms with Crippen molar-refractivity contribution in [3.63, 3.8) is 0 Å². The van der Waals surface area contributed by atoms with E-state index in [4.69, 9.17) is 0 Å². The molecule has 0 aliphatic rings. The Balaban J connectivity index is 0.00000108. The van der Waals surface area contributed by atoms with Gasteiger partial charge in [-0.15, -0.1) is 46.7 Å². The van der Waals surface area contributed by atoms with Gasteiger partial charge in [-0.1, -0.05) is 42.0 Å². The molecule has 0 saturated heterocycles. The van der Waals surface area contributed by atoms with E-state index in [1.807, 2.05) is 0 Å². The van der Waals surface area contributed by atoms with E-state index in [2.05, 4.69) is 66.7 Å². The molecule has 0 N–H and O–H groups in total. The predicted molar refractivity (Wildman–Crippen MR) is 68.8 cm³/mol. The third kappa shape index (κ3) is 4.16. The number of rotatable bonds is 2. The Morgan fingerprint density at radius 1 is 0.789 bits per heavy atom. The van der Waals surface area contributed by atoms with Gasteiger partial charge in [0, 0.05) is 0 Å². The predicted octanol–water partition coefficient (Wildman–Crippen LogP) is -1.84. The summed E-state index contributed by atoms with van der Waals surface area (Å²) in [5.41, 5.74) is 2.79. The van der Waals surface area contributed by atoms with Crippen molar-refractivity contribution >= 4 is 10.8 Å². The Morgan fingerprint density at radius 2 is 1.42 bits per heavy atom. The quantitative estimate of drug-likeness (QED) is 0.384. The first-order valence-corrected chi connectivity index (χ1v) is 5.61. The fraction of sp³-hybridized carbons (Fsp3) is 0.0625. The van der Waals surface area contributed by atoms with E-state index in [1.165, 1.54) is 21.9 Å². The third-order valence-electron chi connectivity index (χ3n) is 3.01. The summed E-state index contributed by atoms with van der Waals surface area (Å²) in [6.07, 6.45) is 1.02. The second kappa shape index (κ2) is 8.50. The number of hydrogen-bond donors (Lipinski definition) is 0. The molecule has 19 heavy (non-hydrogen) atoms. The molecule has 0 bridgehead atoms. The van der Waals surface area contributed by atoms with E-state index >= 15 is 0 Å². The SMILES string of the molecule is [Cl-].[Cl-].[Ti+3].c1ccc(Cc2c[cH-]c3ccccc23)cc1. The number of fused-ring (bicyclic) bond motifs is 1. The summed E-state index contributed by atoms with van der Waals surface area (Å²) >= 11 is 0. The standard InChI is InChI=1S/C16H13.2ClH.Ti/c1-2-6-13(7-3-1)12-15-11-10-14-8-4-5-9-16(14)15;;;/h1-11H,12H2;2*1H;/q-1;;;+3/p-2. The first-order chi connectivity index (χ1) is 7.93. The molecule has 0 fully saturated rings. The van der Waals surface area contributed by atoms with Crippen LogP contribution in [0.5, 0.6) is 0 Å². The smallest absolute Gasteiger partial charge is 1.00 e. The molecular formula is C16H13Cl2Ti. The second-order valence-electron chi connectivity index (χ2n) is 4.11. The van der Waals surface area contributed by atoms with Crippen molar-refractivity contribution in [2.24, 2.45) is 0 Å². The minimum Gasteiger partial charge on any atom is -1.00 e. The molecule has 0 atom stereocenters. The first-order valence-electron chi connectivity index (χ1n) is 5.61. The van der Waals surface area contributed by atoms with Crippen molar-refractivity contribution in [1.82, 2.24) is 0 Å². The molecule has 3 aromatic carbocycles. The largest absolute Gasteiger partial charge is 3.00 e. The number of benzene rings is 2. The zero-order valence-electron chi connectivity index (χ0n) is 10.3. The molecule has 95 valence electrons. The minimum atomic E-state index is 0. The molecule has 0 unspecified atom stereocenters. The van der Waals surface area contributed by atoms with Crippen molar-refractivity contribution < 1.29 is 46.5 Å². The Kier molecular flexibility index (Phi) is 8.21. The fourth-order valence-electron chi connectivity index (χ4n) is 2.18. The second-order valence-corrected chi connectivity index (χ2v) is 4.11. The third-order valence-corrected chi connectivity index (χ3v) is 3.01. The molecule has 3 rings (SSSR count). The summed E-state index contributed by atoms with van der Waals surface area (Å²) < 4.78 is 0. The van der Waals surface area contributed by atoms with Crippen LogP contribution in [0, 0.1) is 0 Å². The maximum Gasteiger partial charge on any atom is 3.00 e. The zero-order valence-corrected chi connectivity index (χ0v) is 13.4. The van der Waals surface area contributed by atoms with Gasteiger partial charge in [-0.25, -0.2) is 0 Å². The molecule has 0 nitrogen and oxygen atoms in total. The molecule has 1 radical (unpaired) electrons. The van der Waals surface area contributed by atoms with E-state index in [0.717, 1.165) is 6.42 Å². The van der Waals surface area contributed by atoms with Crippen molar-refractivity contribution in [1.29, 1.82) is 0 Å². The van der Waals surface area contributed by atoms with Gasteiger partial charge in [0.25, 0.3) is 0 Å². The maximum atomic E-state index is 2.23. The van der Waals surface area contributed by atoms with Gasteiger partial charge in [0.2, 0.25) is 0 Å². The fourth-order valence-corrected chi connectivity index (χ4v) is 2.18. The van der Waals surface area contributed by atoms with Crippen LogP contribution in [0.15, 0.2) is 66.7 Å². The van der Waals surface area contributed by atoms with Crippen LogP contribution >= 0.6 is 0 Å². The van der Waals surface area contributed by atoms with Crippen molar-refractivity contribution in [3.8, 4) is 0 Å². The Morgan fingerprint density at radius 3 is 2.16 bits per heavy atom. The van der Waals surface area contributed by atoms with Gasteiger partial charge in [-0.2, -0.15) is 0 Å². The van der Waals surface area contributed by atoms with Gasteiger partial charge in [0.05, 0.1) is 0 Å². The van der Waals surface area contributed by atoms with Gasteiger partial charge >= 0.3 is 21.7 Å². The van der Waals surface area contributed by atoms with E-state index in [-0.39, 0.29) is 46.5 Å². The van der Waals surface area contributed by atoms with Gasteiger partial charge < -0.3 is 24.8 Å². The molecule has 0 aliphatic heterocycles. The van der Waals surface area contributed by atoms with Crippen LogP contribution in [-0.2, 0) is 28.1 Å². The van der Waals surface area contributed by atoms with Crippen LogP contribution in [-0.4, -0.2) is 0 Å². The molecule has 3 heteroatoms. The summed E-state index contributed by atoms with van der Waals surface area (Å²) in [6, 6.07) is 23.6. The summed E-state index contributed by atoms with van der Waals surface area (Å²) in [4.78, 5) is 0. The van der Waals surface area contributed by atoms with E-state index in [1.54, 1.807) is 0 Å².